The molecule has 0 aliphatic heterocycles. The summed E-state index contributed by atoms with van der Waals surface area (Å²) in [6.45, 7) is 3.79. The predicted octanol–water partition coefficient (Wildman–Crippen LogP) is 2.76. The van der Waals surface area contributed by atoms with E-state index in [-0.39, 0.29) is 17.1 Å². The van der Waals surface area contributed by atoms with Gasteiger partial charge in [-0.3, -0.25) is 10.1 Å². The van der Waals surface area contributed by atoms with Crippen LogP contribution in [-0.4, -0.2) is 15.1 Å². The van der Waals surface area contributed by atoms with Crippen LogP contribution in [0.4, 0.5) is 10.1 Å². The average Bonchev–Trinajstić information content (AvgIpc) is 2.96. The van der Waals surface area contributed by atoms with Crippen molar-refractivity contribution in [3.8, 4) is 11.5 Å². The van der Waals surface area contributed by atoms with Gasteiger partial charge in [0, 0.05) is 11.6 Å². The molecule has 0 aliphatic rings. The quantitative estimate of drug-likeness (QED) is 0.671. The summed E-state index contributed by atoms with van der Waals surface area (Å²) in [6.07, 6.45) is 1.21. The number of hydrogen-bond acceptors (Lipinski definition) is 6. The molecule has 0 atom stereocenters. The van der Waals surface area contributed by atoms with E-state index in [4.69, 9.17) is 10.3 Å². The minimum absolute atomic E-state index is 0.00400. The van der Waals surface area contributed by atoms with Gasteiger partial charge in [0.05, 0.1) is 16.5 Å². The summed E-state index contributed by atoms with van der Waals surface area (Å²) in [4.78, 5) is 14.2. The average molecular weight is 294 g/mol. The van der Waals surface area contributed by atoms with Crippen molar-refractivity contribution >= 4 is 5.69 Å². The maximum atomic E-state index is 13.4. The van der Waals surface area contributed by atoms with E-state index in [1.165, 1.54) is 6.07 Å². The Labute approximate surface area is 120 Å². The highest BCUT2D eigenvalue weighted by molar-refractivity contribution is 5.57. The Morgan fingerprint density at radius 2 is 2.05 bits per heavy atom. The molecule has 8 heteroatoms. The molecule has 2 aromatic rings. The largest absolute Gasteiger partial charge is 0.334 e. The fraction of sp³-hybridized carbons (Fsp3) is 0.385. The Morgan fingerprint density at radius 1 is 1.38 bits per heavy atom. The Morgan fingerprint density at radius 3 is 2.62 bits per heavy atom. The van der Waals surface area contributed by atoms with E-state index in [1.807, 2.05) is 13.8 Å². The Balaban J connectivity index is 2.45. The molecule has 0 saturated carbocycles. The molecule has 0 unspecified atom stereocenters. The fourth-order valence-electron chi connectivity index (χ4n) is 1.91. The summed E-state index contributed by atoms with van der Waals surface area (Å²) in [5, 5.41) is 14.6. The van der Waals surface area contributed by atoms with Crippen LogP contribution in [0.15, 0.2) is 22.7 Å². The first-order chi connectivity index (χ1) is 9.89. The van der Waals surface area contributed by atoms with Gasteiger partial charge in [0.15, 0.2) is 5.82 Å². The highest BCUT2D eigenvalue weighted by Gasteiger charge is 2.29. The van der Waals surface area contributed by atoms with E-state index in [2.05, 4.69) is 10.1 Å². The van der Waals surface area contributed by atoms with E-state index in [0.29, 0.717) is 18.7 Å². The maximum Gasteiger partial charge on any atom is 0.273 e. The van der Waals surface area contributed by atoms with Crippen LogP contribution in [0, 0.1) is 15.9 Å². The van der Waals surface area contributed by atoms with Crippen LogP contribution < -0.4 is 5.73 Å². The summed E-state index contributed by atoms with van der Waals surface area (Å²) in [5.74, 6) is -0.442. The summed E-state index contributed by atoms with van der Waals surface area (Å²) in [7, 11) is 0. The smallest absolute Gasteiger partial charge is 0.273 e. The second-order valence-corrected chi connectivity index (χ2v) is 4.74. The second kappa shape index (κ2) is 5.57. The van der Waals surface area contributed by atoms with Crippen LogP contribution in [0.1, 0.15) is 32.5 Å². The van der Waals surface area contributed by atoms with Crippen molar-refractivity contribution < 1.29 is 13.8 Å². The first-order valence-electron chi connectivity index (χ1n) is 6.48. The van der Waals surface area contributed by atoms with Gasteiger partial charge in [0.25, 0.3) is 11.6 Å². The number of hydrogen-bond donors (Lipinski definition) is 1. The first-order valence-corrected chi connectivity index (χ1v) is 6.48. The lowest BCUT2D eigenvalue weighted by molar-refractivity contribution is -0.385. The number of aromatic nitrogens is 2. The van der Waals surface area contributed by atoms with E-state index in [1.54, 1.807) is 0 Å². The highest BCUT2D eigenvalue weighted by atomic mass is 19.1. The van der Waals surface area contributed by atoms with Gasteiger partial charge in [0.1, 0.15) is 5.82 Å². The summed E-state index contributed by atoms with van der Waals surface area (Å²) >= 11 is 0. The normalized spacial score (nSPS) is 11.6. The number of rotatable bonds is 5. The monoisotopic (exact) mass is 294 g/mol. The van der Waals surface area contributed by atoms with E-state index < -0.39 is 16.3 Å². The molecule has 112 valence electrons. The molecule has 1 aromatic carbocycles. The number of nitrogens with two attached hydrogens (primary N) is 1. The van der Waals surface area contributed by atoms with Crippen molar-refractivity contribution in [2.24, 2.45) is 5.73 Å². The summed E-state index contributed by atoms with van der Waals surface area (Å²) in [5.41, 5.74) is 5.18. The van der Waals surface area contributed by atoms with Gasteiger partial charge < -0.3 is 10.3 Å². The third-order valence-electron chi connectivity index (χ3n) is 3.47. The van der Waals surface area contributed by atoms with Crippen LogP contribution in [-0.2, 0) is 5.54 Å². The lowest BCUT2D eigenvalue weighted by Gasteiger charge is -2.21. The molecule has 1 heterocycles. The highest BCUT2D eigenvalue weighted by Crippen LogP contribution is 2.28. The molecule has 0 radical (unpaired) electrons. The van der Waals surface area contributed by atoms with E-state index >= 15 is 0 Å². The van der Waals surface area contributed by atoms with Crippen molar-refractivity contribution in [2.45, 2.75) is 32.2 Å². The molecular weight excluding hydrogens is 279 g/mol. The summed E-state index contributed by atoms with van der Waals surface area (Å²) in [6, 6.07) is 3.10. The number of benzene rings is 1. The minimum atomic E-state index is -0.746. The Hall–Kier alpha value is -2.35. The molecule has 2 N–H and O–H groups in total. The molecule has 0 amide bonds. The minimum Gasteiger partial charge on any atom is -0.334 e. The third kappa shape index (κ3) is 2.89. The van der Waals surface area contributed by atoms with E-state index in [9.17, 15) is 14.5 Å². The zero-order valence-electron chi connectivity index (χ0n) is 11.7. The van der Waals surface area contributed by atoms with Crippen molar-refractivity contribution in [3.63, 3.8) is 0 Å². The van der Waals surface area contributed by atoms with Crippen LogP contribution >= 0.6 is 0 Å². The predicted molar refractivity (Wildman–Crippen MR) is 72.8 cm³/mol. The lowest BCUT2D eigenvalue weighted by atomic mass is 9.93. The molecule has 0 bridgehead atoms. The van der Waals surface area contributed by atoms with Crippen molar-refractivity contribution in [2.75, 3.05) is 0 Å². The van der Waals surface area contributed by atoms with E-state index in [0.717, 1.165) is 12.1 Å². The molecule has 1 aromatic heterocycles. The lowest BCUT2D eigenvalue weighted by Crippen LogP contribution is -2.36. The Kier molecular flexibility index (Phi) is 3.99. The zero-order valence-corrected chi connectivity index (χ0v) is 11.7. The first kappa shape index (κ1) is 15.0. The van der Waals surface area contributed by atoms with Gasteiger partial charge >= 0.3 is 0 Å². The standard InChI is InChI=1S/C13H15FN4O3/c1-3-13(15,4-2)12-16-11(21-17-12)8-5-9(14)7-10(6-8)18(19)20/h5-7H,3-4,15H2,1-2H3. The van der Waals surface area contributed by atoms with Crippen LogP contribution in [0.25, 0.3) is 11.5 Å². The molecule has 2 rings (SSSR count). The number of nitro benzene ring substituents is 1. The fourth-order valence-corrected chi connectivity index (χ4v) is 1.91. The van der Waals surface area contributed by atoms with Gasteiger partial charge in [-0.05, 0) is 18.9 Å². The van der Waals surface area contributed by atoms with Crippen LogP contribution in [0.3, 0.4) is 0 Å². The van der Waals surface area contributed by atoms with Crippen LogP contribution in [0.5, 0.6) is 0 Å². The van der Waals surface area contributed by atoms with Crippen LogP contribution in [0.2, 0.25) is 0 Å². The SMILES string of the molecule is CCC(N)(CC)c1noc(-c2cc(F)cc([N+](=O)[O-])c2)n1. The van der Waals surface area contributed by atoms with Gasteiger partial charge in [-0.25, -0.2) is 4.39 Å². The molecule has 0 fully saturated rings. The van der Waals surface area contributed by atoms with Gasteiger partial charge in [-0.15, -0.1) is 0 Å². The molecular formula is C13H15FN4O3. The third-order valence-corrected chi connectivity index (χ3v) is 3.47. The topological polar surface area (TPSA) is 108 Å². The van der Waals surface area contributed by atoms with Gasteiger partial charge in [-0.2, -0.15) is 4.98 Å². The molecule has 7 nitrogen and oxygen atoms in total. The van der Waals surface area contributed by atoms with Crippen molar-refractivity contribution in [3.05, 3.63) is 40.0 Å². The molecule has 21 heavy (non-hydrogen) atoms. The number of non-ortho nitro benzene ring substituents is 1. The maximum absolute atomic E-state index is 13.4. The Bertz CT molecular complexity index is 667. The van der Waals surface area contributed by atoms with Crippen molar-refractivity contribution in [1.82, 2.24) is 10.1 Å². The number of halogens is 1. The molecule has 0 spiro atoms. The van der Waals surface area contributed by atoms with Crippen molar-refractivity contribution in [1.29, 1.82) is 0 Å². The van der Waals surface area contributed by atoms with Gasteiger partial charge in [-0.1, -0.05) is 19.0 Å². The molecule has 0 aliphatic carbocycles. The molecule has 0 saturated heterocycles. The second-order valence-electron chi connectivity index (χ2n) is 4.74. The zero-order chi connectivity index (χ0) is 15.6. The summed E-state index contributed by atoms with van der Waals surface area (Å²) < 4.78 is 18.5. The van der Waals surface area contributed by atoms with Gasteiger partial charge in [0.2, 0.25) is 0 Å². The number of nitro groups is 1. The number of nitrogens with zero attached hydrogens (tertiary/aromatic N) is 3.